The Balaban J connectivity index is 1.52. The van der Waals surface area contributed by atoms with Gasteiger partial charge in [-0.15, -0.1) is 0 Å². The zero-order valence-corrected chi connectivity index (χ0v) is 11.5. The van der Waals surface area contributed by atoms with Gasteiger partial charge in [0.1, 0.15) is 0 Å². The molecule has 0 spiro atoms. The molecule has 3 heterocycles. The van der Waals surface area contributed by atoms with Crippen LogP contribution in [-0.4, -0.2) is 34.9 Å². The van der Waals surface area contributed by atoms with Crippen molar-refractivity contribution in [3.63, 3.8) is 0 Å². The standard InChI is InChI=1S/C15H20N4O/c1-2-13(8-16-5-1)15-14(10-18-19-15)9-17-6-3-12-4-7-20-11-12/h1-2,5,8,10,12,17H,3-4,6-7,9,11H2,(H,18,19). The van der Waals surface area contributed by atoms with Gasteiger partial charge < -0.3 is 10.1 Å². The maximum atomic E-state index is 5.39. The van der Waals surface area contributed by atoms with Gasteiger partial charge in [0.2, 0.25) is 0 Å². The van der Waals surface area contributed by atoms with Gasteiger partial charge >= 0.3 is 0 Å². The molecule has 20 heavy (non-hydrogen) atoms. The Bertz CT molecular complexity index is 520. The second-order valence-electron chi connectivity index (χ2n) is 5.21. The molecule has 2 N–H and O–H groups in total. The fraction of sp³-hybridized carbons (Fsp3) is 0.467. The highest BCUT2D eigenvalue weighted by atomic mass is 16.5. The summed E-state index contributed by atoms with van der Waals surface area (Å²) in [5.74, 6) is 0.727. The first-order valence-electron chi connectivity index (χ1n) is 7.14. The van der Waals surface area contributed by atoms with Gasteiger partial charge in [0.15, 0.2) is 0 Å². The van der Waals surface area contributed by atoms with E-state index in [1.54, 1.807) is 6.20 Å². The molecule has 3 rings (SSSR count). The number of rotatable bonds is 6. The van der Waals surface area contributed by atoms with E-state index in [9.17, 15) is 0 Å². The van der Waals surface area contributed by atoms with Crippen LogP contribution in [0.3, 0.4) is 0 Å². The van der Waals surface area contributed by atoms with Crippen molar-refractivity contribution in [1.82, 2.24) is 20.5 Å². The summed E-state index contributed by atoms with van der Waals surface area (Å²) >= 11 is 0. The predicted molar refractivity (Wildman–Crippen MR) is 77.1 cm³/mol. The summed E-state index contributed by atoms with van der Waals surface area (Å²) < 4.78 is 5.39. The molecule has 2 aromatic rings. The number of ether oxygens (including phenoxy) is 1. The quantitative estimate of drug-likeness (QED) is 0.789. The minimum absolute atomic E-state index is 0.727. The van der Waals surface area contributed by atoms with E-state index in [1.165, 1.54) is 18.4 Å². The Morgan fingerprint density at radius 2 is 2.40 bits per heavy atom. The summed E-state index contributed by atoms with van der Waals surface area (Å²) in [5, 5.41) is 10.7. The molecule has 0 aliphatic carbocycles. The van der Waals surface area contributed by atoms with Crippen LogP contribution in [0.4, 0.5) is 0 Å². The van der Waals surface area contributed by atoms with Crippen LogP contribution in [0.25, 0.3) is 11.3 Å². The number of hydrogen-bond donors (Lipinski definition) is 2. The number of aromatic nitrogens is 3. The molecule has 1 aliphatic heterocycles. The molecule has 1 unspecified atom stereocenters. The van der Waals surface area contributed by atoms with E-state index in [0.717, 1.165) is 43.5 Å². The van der Waals surface area contributed by atoms with Gasteiger partial charge in [-0.05, 0) is 37.4 Å². The summed E-state index contributed by atoms with van der Waals surface area (Å²) in [6, 6.07) is 3.98. The summed E-state index contributed by atoms with van der Waals surface area (Å²) in [6.45, 7) is 3.70. The fourth-order valence-corrected chi connectivity index (χ4v) is 2.55. The first-order chi connectivity index (χ1) is 9.93. The average Bonchev–Trinajstić information content (AvgIpc) is 3.16. The van der Waals surface area contributed by atoms with Crippen molar-refractivity contribution in [3.05, 3.63) is 36.3 Å². The van der Waals surface area contributed by atoms with Crippen molar-refractivity contribution in [3.8, 4) is 11.3 Å². The molecule has 0 amide bonds. The van der Waals surface area contributed by atoms with E-state index in [1.807, 2.05) is 24.5 Å². The minimum Gasteiger partial charge on any atom is -0.381 e. The topological polar surface area (TPSA) is 62.8 Å². The van der Waals surface area contributed by atoms with Gasteiger partial charge in [0, 0.05) is 43.3 Å². The average molecular weight is 272 g/mol. The molecule has 5 heteroatoms. The lowest BCUT2D eigenvalue weighted by molar-refractivity contribution is 0.184. The normalized spacial score (nSPS) is 18.5. The number of H-pyrrole nitrogens is 1. The Labute approximate surface area is 118 Å². The molecule has 1 fully saturated rings. The van der Waals surface area contributed by atoms with Crippen LogP contribution in [0, 0.1) is 5.92 Å². The summed E-state index contributed by atoms with van der Waals surface area (Å²) in [4.78, 5) is 4.15. The smallest absolute Gasteiger partial charge is 0.0710 e. The Hall–Kier alpha value is -1.72. The number of nitrogens with one attached hydrogen (secondary N) is 2. The van der Waals surface area contributed by atoms with Crippen LogP contribution in [0.5, 0.6) is 0 Å². The lowest BCUT2D eigenvalue weighted by atomic mass is 10.1. The van der Waals surface area contributed by atoms with Crippen molar-refractivity contribution in [2.45, 2.75) is 19.4 Å². The summed E-state index contributed by atoms with van der Waals surface area (Å²) in [5.41, 5.74) is 3.31. The molecule has 0 bridgehead atoms. The lowest BCUT2D eigenvalue weighted by Gasteiger charge is -2.09. The van der Waals surface area contributed by atoms with E-state index in [0.29, 0.717) is 0 Å². The van der Waals surface area contributed by atoms with Crippen LogP contribution in [0.15, 0.2) is 30.7 Å². The van der Waals surface area contributed by atoms with Gasteiger partial charge in [0.25, 0.3) is 0 Å². The van der Waals surface area contributed by atoms with E-state index >= 15 is 0 Å². The highest BCUT2D eigenvalue weighted by Crippen LogP contribution is 2.20. The van der Waals surface area contributed by atoms with Crippen LogP contribution < -0.4 is 5.32 Å². The number of pyridine rings is 1. The SMILES string of the molecule is c1cncc(-c2[nH]ncc2CNCCC2CCOC2)c1. The van der Waals surface area contributed by atoms with E-state index in [4.69, 9.17) is 4.74 Å². The number of aromatic amines is 1. The van der Waals surface area contributed by atoms with Crippen molar-refractivity contribution in [2.24, 2.45) is 5.92 Å². The molecule has 0 saturated carbocycles. The zero-order valence-electron chi connectivity index (χ0n) is 11.5. The molecule has 2 aromatic heterocycles. The van der Waals surface area contributed by atoms with Crippen LogP contribution in [0.1, 0.15) is 18.4 Å². The fourth-order valence-electron chi connectivity index (χ4n) is 2.55. The largest absolute Gasteiger partial charge is 0.381 e. The molecule has 1 aliphatic rings. The Morgan fingerprint density at radius 3 is 3.20 bits per heavy atom. The van der Waals surface area contributed by atoms with Gasteiger partial charge in [-0.2, -0.15) is 5.10 Å². The molecule has 0 aromatic carbocycles. The van der Waals surface area contributed by atoms with Gasteiger partial charge in [-0.1, -0.05) is 0 Å². The Morgan fingerprint density at radius 1 is 1.40 bits per heavy atom. The number of nitrogens with zero attached hydrogens (tertiary/aromatic N) is 2. The predicted octanol–water partition coefficient (Wildman–Crippen LogP) is 1.99. The van der Waals surface area contributed by atoms with Crippen molar-refractivity contribution in [1.29, 1.82) is 0 Å². The van der Waals surface area contributed by atoms with Crippen LogP contribution >= 0.6 is 0 Å². The van der Waals surface area contributed by atoms with Crippen molar-refractivity contribution >= 4 is 0 Å². The third kappa shape index (κ3) is 3.23. The highest BCUT2D eigenvalue weighted by molar-refractivity contribution is 5.61. The van der Waals surface area contributed by atoms with Gasteiger partial charge in [-0.3, -0.25) is 10.1 Å². The van der Waals surface area contributed by atoms with Crippen LogP contribution in [-0.2, 0) is 11.3 Å². The minimum atomic E-state index is 0.727. The van der Waals surface area contributed by atoms with E-state index < -0.39 is 0 Å². The number of hydrogen-bond acceptors (Lipinski definition) is 4. The lowest BCUT2D eigenvalue weighted by Crippen LogP contribution is -2.18. The first-order valence-corrected chi connectivity index (χ1v) is 7.14. The van der Waals surface area contributed by atoms with Gasteiger partial charge in [0.05, 0.1) is 11.9 Å². The summed E-state index contributed by atoms with van der Waals surface area (Å²) in [7, 11) is 0. The van der Waals surface area contributed by atoms with Crippen LogP contribution in [0.2, 0.25) is 0 Å². The second kappa shape index (κ2) is 6.63. The first kappa shape index (κ1) is 13.3. The van der Waals surface area contributed by atoms with Gasteiger partial charge in [-0.25, -0.2) is 0 Å². The molecule has 0 radical (unpaired) electrons. The Kier molecular flexibility index (Phi) is 4.40. The molecule has 1 saturated heterocycles. The highest BCUT2D eigenvalue weighted by Gasteiger charge is 2.14. The van der Waals surface area contributed by atoms with Crippen molar-refractivity contribution in [2.75, 3.05) is 19.8 Å². The molecular weight excluding hydrogens is 252 g/mol. The summed E-state index contributed by atoms with van der Waals surface area (Å²) in [6.07, 6.45) is 7.90. The maximum absolute atomic E-state index is 5.39. The van der Waals surface area contributed by atoms with E-state index in [2.05, 4.69) is 20.5 Å². The maximum Gasteiger partial charge on any atom is 0.0710 e. The molecule has 5 nitrogen and oxygen atoms in total. The van der Waals surface area contributed by atoms with Crippen molar-refractivity contribution < 1.29 is 4.74 Å². The molecule has 1 atom stereocenters. The third-order valence-electron chi connectivity index (χ3n) is 3.74. The molecule has 106 valence electrons. The second-order valence-corrected chi connectivity index (χ2v) is 5.21. The third-order valence-corrected chi connectivity index (χ3v) is 3.74. The molecular formula is C15H20N4O. The zero-order chi connectivity index (χ0) is 13.6. The van der Waals surface area contributed by atoms with E-state index in [-0.39, 0.29) is 0 Å². The monoisotopic (exact) mass is 272 g/mol.